The summed E-state index contributed by atoms with van der Waals surface area (Å²) in [7, 11) is 0. The lowest BCUT2D eigenvalue weighted by molar-refractivity contribution is 0.332. The summed E-state index contributed by atoms with van der Waals surface area (Å²) >= 11 is 0. The van der Waals surface area contributed by atoms with E-state index in [4.69, 9.17) is 13.3 Å². The van der Waals surface area contributed by atoms with E-state index < -0.39 is 0 Å². The second-order valence-corrected chi connectivity index (χ2v) is 29.0. The van der Waals surface area contributed by atoms with E-state index in [0.29, 0.717) is 0 Å². The van der Waals surface area contributed by atoms with Crippen molar-refractivity contribution >= 4 is 117 Å². The second kappa shape index (κ2) is 14.5. The van der Waals surface area contributed by atoms with Crippen molar-refractivity contribution in [1.82, 2.24) is 4.57 Å². The molecule has 0 saturated carbocycles. The first-order chi connectivity index (χ1) is 36.9. The lowest BCUT2D eigenvalue weighted by Crippen LogP contribution is -2.61. The minimum Gasteiger partial charge on any atom is -0.456 e. The first kappa shape index (κ1) is 46.9. The van der Waals surface area contributed by atoms with Crippen molar-refractivity contribution in [2.75, 3.05) is 4.81 Å². The van der Waals surface area contributed by atoms with Crippen LogP contribution in [0.1, 0.15) is 156 Å². The van der Waals surface area contributed by atoms with Gasteiger partial charge < -0.3 is 22.6 Å². The molecule has 0 atom stereocenters. The molecular formula is C72H69BN2O3. The normalized spacial score (nSPS) is 18.0. The zero-order valence-electron chi connectivity index (χ0n) is 48.0. The minimum absolute atomic E-state index is 0.0235. The van der Waals surface area contributed by atoms with E-state index >= 15 is 0 Å². The number of aromatic nitrogens is 1. The molecule has 0 fully saturated rings. The van der Waals surface area contributed by atoms with Gasteiger partial charge >= 0.3 is 6.85 Å². The van der Waals surface area contributed by atoms with Crippen LogP contribution < -0.4 is 15.7 Å². The number of hydrogen-bond acceptors (Lipinski definition) is 4. The monoisotopic (exact) mass is 1020 g/mol. The van der Waals surface area contributed by atoms with E-state index in [0.717, 1.165) is 103 Å². The maximum Gasteiger partial charge on any atom is 0.333 e. The van der Waals surface area contributed by atoms with Crippen LogP contribution in [0.25, 0.3) is 104 Å². The number of benzene rings is 8. The predicted molar refractivity (Wildman–Crippen MR) is 330 cm³/mol. The first-order valence-electron chi connectivity index (χ1n) is 28.9. The van der Waals surface area contributed by atoms with Crippen molar-refractivity contribution in [3.05, 3.63) is 149 Å². The molecule has 12 aromatic rings. The molecule has 0 unspecified atom stereocenters. The molecule has 388 valence electrons. The van der Waals surface area contributed by atoms with Gasteiger partial charge in [0.25, 0.3) is 0 Å². The van der Waals surface area contributed by atoms with Crippen molar-refractivity contribution < 1.29 is 13.3 Å². The molecule has 6 heterocycles. The Balaban J connectivity index is 1.11. The van der Waals surface area contributed by atoms with Gasteiger partial charge in [-0.25, -0.2) is 0 Å². The smallest absolute Gasteiger partial charge is 0.333 e. The van der Waals surface area contributed by atoms with Crippen LogP contribution in [0.5, 0.6) is 0 Å². The van der Waals surface area contributed by atoms with E-state index in [9.17, 15) is 0 Å². The van der Waals surface area contributed by atoms with Crippen LogP contribution in [0.2, 0.25) is 0 Å². The number of hydrogen-bond donors (Lipinski definition) is 0. The molecule has 0 spiro atoms. The fourth-order valence-electron chi connectivity index (χ4n) is 15.3. The Bertz CT molecular complexity index is 4720. The van der Waals surface area contributed by atoms with Gasteiger partial charge in [0, 0.05) is 66.1 Å². The summed E-state index contributed by atoms with van der Waals surface area (Å²) < 4.78 is 24.8. The van der Waals surface area contributed by atoms with Gasteiger partial charge in [-0.05, 0) is 175 Å². The van der Waals surface area contributed by atoms with Crippen molar-refractivity contribution in [2.45, 2.75) is 155 Å². The number of nitrogens with zero attached hydrogens (tertiary/aromatic N) is 2. The Morgan fingerprint density at radius 2 is 1.00 bits per heavy atom. The van der Waals surface area contributed by atoms with Gasteiger partial charge in [-0.15, -0.1) is 0 Å². The number of anilines is 2. The van der Waals surface area contributed by atoms with Crippen LogP contribution >= 0.6 is 0 Å². The minimum atomic E-state index is -0.273. The SMILES string of the molecule is CC(C)(C)c1ccc2c(c1)c1cc(C(C)(C)C)cc3c1n2-c1cc2oc4ccccc4c2c2c1B3N(c1cccc3c1oc1cc4c(cc13)C(C)(C)CCC4(C)C)c1ccc3c(oc4cc5c(cc43)C(C)(C)CCC5(C)C)c1-2. The topological polar surface area (TPSA) is 47.6 Å². The molecule has 0 bridgehead atoms. The van der Waals surface area contributed by atoms with Crippen molar-refractivity contribution in [2.24, 2.45) is 0 Å². The summed E-state index contributed by atoms with van der Waals surface area (Å²) in [4.78, 5) is 2.67. The Labute approximate surface area is 457 Å². The highest BCUT2D eigenvalue weighted by Gasteiger charge is 2.48. The average molecular weight is 1020 g/mol. The third-order valence-electron chi connectivity index (χ3n) is 20.2. The Morgan fingerprint density at radius 3 is 1.64 bits per heavy atom. The van der Waals surface area contributed by atoms with Crippen LogP contribution in [0, 0.1) is 0 Å². The van der Waals surface area contributed by atoms with Gasteiger partial charge in [0.05, 0.1) is 16.7 Å². The van der Waals surface area contributed by atoms with Gasteiger partial charge in [-0.2, -0.15) is 0 Å². The molecule has 4 aliphatic rings. The van der Waals surface area contributed by atoms with Gasteiger partial charge in [0.1, 0.15) is 27.9 Å². The second-order valence-electron chi connectivity index (χ2n) is 29.0. The highest BCUT2D eigenvalue weighted by molar-refractivity contribution is 6.94. The zero-order valence-corrected chi connectivity index (χ0v) is 48.0. The summed E-state index contributed by atoms with van der Waals surface area (Å²) in [6, 6.07) is 44.8. The molecule has 5 nitrogen and oxygen atoms in total. The van der Waals surface area contributed by atoms with Crippen molar-refractivity contribution in [3.8, 4) is 16.8 Å². The quantitative estimate of drug-likeness (QED) is 0.154. The van der Waals surface area contributed by atoms with Gasteiger partial charge in [0.2, 0.25) is 0 Å². The van der Waals surface area contributed by atoms with Crippen LogP contribution in [-0.2, 0) is 32.5 Å². The van der Waals surface area contributed by atoms with E-state index in [1.165, 1.54) is 82.4 Å². The summed E-state index contributed by atoms with van der Waals surface area (Å²) in [5, 5.41) is 9.41. The molecule has 0 radical (unpaired) electrons. The predicted octanol–water partition coefficient (Wildman–Crippen LogP) is 19.0. The Morgan fingerprint density at radius 1 is 0.423 bits per heavy atom. The molecular weight excluding hydrogens is 952 g/mol. The Hall–Kier alpha value is -7.18. The highest BCUT2D eigenvalue weighted by Crippen LogP contribution is 2.56. The molecule has 0 amide bonds. The number of fused-ring (bicyclic) bond motifs is 20. The molecule has 2 aliphatic heterocycles. The molecule has 16 rings (SSSR count). The summed E-state index contributed by atoms with van der Waals surface area (Å²) in [5.74, 6) is 0. The summed E-state index contributed by atoms with van der Waals surface area (Å²) in [6.07, 6.45) is 4.57. The largest absolute Gasteiger partial charge is 0.456 e. The number of para-hydroxylation sites is 2. The van der Waals surface area contributed by atoms with E-state index in [2.05, 4.69) is 222 Å². The van der Waals surface area contributed by atoms with Crippen molar-refractivity contribution in [3.63, 3.8) is 0 Å². The maximum absolute atomic E-state index is 7.62. The number of rotatable bonds is 1. The average Bonchev–Trinajstić information content (AvgIpc) is 3.10. The maximum atomic E-state index is 7.62. The lowest BCUT2D eigenvalue weighted by Gasteiger charge is -2.42. The van der Waals surface area contributed by atoms with Gasteiger partial charge in [-0.3, -0.25) is 0 Å². The summed E-state index contributed by atoms with van der Waals surface area (Å²) in [5.41, 5.74) is 24.3. The molecule has 78 heavy (non-hydrogen) atoms. The molecule has 4 aromatic heterocycles. The first-order valence-corrected chi connectivity index (χ1v) is 28.9. The van der Waals surface area contributed by atoms with Crippen LogP contribution in [-0.4, -0.2) is 11.4 Å². The van der Waals surface area contributed by atoms with Gasteiger partial charge in [0.15, 0.2) is 5.58 Å². The fraction of sp³-hybridized carbons (Fsp3) is 0.333. The molecule has 0 saturated heterocycles. The highest BCUT2D eigenvalue weighted by atomic mass is 16.3. The van der Waals surface area contributed by atoms with Gasteiger partial charge in [-0.1, -0.05) is 139 Å². The van der Waals surface area contributed by atoms with Crippen molar-refractivity contribution in [1.29, 1.82) is 0 Å². The van der Waals surface area contributed by atoms with E-state index in [1.807, 2.05) is 0 Å². The standard InChI is InChI=1S/C72H69BN2O3/c1-67(2,3)38-22-24-52-43(30-38)46-31-39(68(4,5)6)32-51-64(46)74(52)55-37-59-60(42-18-15-16-21-56(42)76-59)62-61-53(25-23-41-45-34-48-50(36-58(45)78-66(41)61)72(13,14)29-27-70(48,9)10)75(73(51)63(55)62)54-20-17-19-40-44-33-47-49(35-57(44)77-65(40)54)71(11,12)28-26-69(47,7)8/h15-25,30-37H,26-29H2,1-14H3. The lowest BCUT2D eigenvalue weighted by atomic mass is 9.43. The van der Waals surface area contributed by atoms with Crippen LogP contribution in [0.4, 0.5) is 11.4 Å². The summed E-state index contributed by atoms with van der Waals surface area (Å²) in [6.45, 7) is 33.2. The number of furan rings is 3. The molecule has 0 N–H and O–H groups in total. The third kappa shape index (κ3) is 5.99. The molecule has 6 heteroatoms. The van der Waals surface area contributed by atoms with E-state index in [-0.39, 0.29) is 39.3 Å². The van der Waals surface area contributed by atoms with Crippen LogP contribution in [0.15, 0.2) is 129 Å². The Kier molecular flexibility index (Phi) is 8.74. The molecule has 8 aromatic carbocycles. The van der Waals surface area contributed by atoms with Crippen LogP contribution in [0.3, 0.4) is 0 Å². The fourth-order valence-corrected chi connectivity index (χ4v) is 15.3. The van der Waals surface area contributed by atoms with E-state index in [1.54, 1.807) is 0 Å². The molecule has 2 aliphatic carbocycles. The third-order valence-corrected chi connectivity index (χ3v) is 20.2. The zero-order chi connectivity index (χ0) is 53.9.